The summed E-state index contributed by atoms with van der Waals surface area (Å²) in [5, 5.41) is 13.2. The number of amides is 1. The minimum Gasteiger partial charge on any atom is -0.321 e. The molecule has 1 saturated heterocycles. The summed E-state index contributed by atoms with van der Waals surface area (Å²) in [6.45, 7) is 1.05. The molecule has 3 rings (SSSR count). The van der Waals surface area contributed by atoms with Crippen LogP contribution >= 0.6 is 11.3 Å². The second-order valence-electron chi connectivity index (χ2n) is 6.19. The van der Waals surface area contributed by atoms with Crippen LogP contribution in [0.15, 0.2) is 41.3 Å². The third-order valence-corrected chi connectivity index (χ3v) is 7.26. The monoisotopic (exact) mass is 409 g/mol. The highest BCUT2D eigenvalue weighted by molar-refractivity contribution is 7.89. The molecular formula is C17H19N3O5S2. The molecule has 10 heteroatoms. The Bertz CT molecular complexity index is 930. The van der Waals surface area contributed by atoms with Gasteiger partial charge in [-0.1, -0.05) is 24.2 Å². The van der Waals surface area contributed by atoms with Crippen LogP contribution in [0, 0.1) is 10.1 Å². The molecule has 2 aromatic rings. The predicted octanol–water partition coefficient (Wildman–Crippen LogP) is 3.47. The first-order valence-corrected chi connectivity index (χ1v) is 10.8. The lowest BCUT2D eigenvalue weighted by Gasteiger charge is -2.20. The second-order valence-corrected chi connectivity index (χ2v) is 9.19. The molecule has 144 valence electrons. The molecule has 0 saturated carbocycles. The molecule has 0 bridgehead atoms. The molecule has 1 aliphatic rings. The molecule has 1 aliphatic heterocycles. The molecule has 0 atom stereocenters. The van der Waals surface area contributed by atoms with Crippen molar-refractivity contribution in [2.75, 3.05) is 18.4 Å². The quantitative estimate of drug-likeness (QED) is 0.601. The summed E-state index contributed by atoms with van der Waals surface area (Å²) in [5.74, 6) is -0.476. The Hall–Kier alpha value is -2.30. The lowest BCUT2D eigenvalue weighted by molar-refractivity contribution is -0.380. The van der Waals surface area contributed by atoms with Gasteiger partial charge in [-0.15, -0.1) is 0 Å². The SMILES string of the molecule is O=C(Nc1ccc(S(=O)(=O)N2CCCCCC2)cc1)c1ccc([N+](=O)[O-])s1. The van der Waals surface area contributed by atoms with Gasteiger partial charge in [-0.25, -0.2) is 8.42 Å². The van der Waals surface area contributed by atoms with Crippen molar-refractivity contribution >= 4 is 38.0 Å². The number of nitrogens with one attached hydrogen (secondary N) is 1. The van der Waals surface area contributed by atoms with Crippen molar-refractivity contribution in [3.05, 3.63) is 51.4 Å². The van der Waals surface area contributed by atoms with Gasteiger partial charge in [0.2, 0.25) is 10.0 Å². The van der Waals surface area contributed by atoms with Crippen LogP contribution in [0.3, 0.4) is 0 Å². The molecule has 27 heavy (non-hydrogen) atoms. The Kier molecular flexibility index (Phi) is 5.88. The van der Waals surface area contributed by atoms with Crippen LogP contribution in [0.5, 0.6) is 0 Å². The van der Waals surface area contributed by atoms with E-state index >= 15 is 0 Å². The minimum atomic E-state index is -3.54. The Labute approximate surface area is 161 Å². The summed E-state index contributed by atoms with van der Waals surface area (Å²) >= 11 is 0.783. The van der Waals surface area contributed by atoms with Gasteiger partial charge in [0.15, 0.2) is 0 Å². The first-order chi connectivity index (χ1) is 12.9. The zero-order chi connectivity index (χ0) is 19.4. The van der Waals surface area contributed by atoms with Gasteiger partial charge in [-0.05, 0) is 43.2 Å². The summed E-state index contributed by atoms with van der Waals surface area (Å²) in [4.78, 5) is 22.7. The number of sulfonamides is 1. The van der Waals surface area contributed by atoms with E-state index in [0.29, 0.717) is 18.8 Å². The van der Waals surface area contributed by atoms with Gasteiger partial charge in [-0.3, -0.25) is 14.9 Å². The van der Waals surface area contributed by atoms with Gasteiger partial charge in [0.1, 0.15) is 0 Å². The summed E-state index contributed by atoms with van der Waals surface area (Å²) < 4.78 is 27.0. The lowest BCUT2D eigenvalue weighted by Crippen LogP contribution is -2.31. The maximum Gasteiger partial charge on any atom is 0.324 e. The van der Waals surface area contributed by atoms with Crippen molar-refractivity contribution in [3.63, 3.8) is 0 Å². The van der Waals surface area contributed by atoms with E-state index in [4.69, 9.17) is 0 Å². The number of hydrogen-bond acceptors (Lipinski definition) is 6. The Balaban J connectivity index is 1.70. The molecule has 1 aromatic carbocycles. The number of anilines is 1. The highest BCUT2D eigenvalue weighted by atomic mass is 32.2. The van der Waals surface area contributed by atoms with Crippen molar-refractivity contribution in [2.24, 2.45) is 0 Å². The highest BCUT2D eigenvalue weighted by Crippen LogP contribution is 2.25. The number of rotatable bonds is 5. The zero-order valence-electron chi connectivity index (χ0n) is 14.5. The third kappa shape index (κ3) is 4.52. The van der Waals surface area contributed by atoms with Crippen LogP contribution in [0.4, 0.5) is 10.7 Å². The van der Waals surface area contributed by atoms with Crippen LogP contribution in [0.2, 0.25) is 0 Å². The van der Waals surface area contributed by atoms with Crippen molar-refractivity contribution in [1.29, 1.82) is 0 Å². The Morgan fingerprint density at radius 1 is 1.04 bits per heavy atom. The number of carbonyl (C=O) groups is 1. The van der Waals surface area contributed by atoms with Gasteiger partial charge in [-0.2, -0.15) is 4.31 Å². The van der Waals surface area contributed by atoms with Crippen molar-refractivity contribution in [1.82, 2.24) is 4.31 Å². The van der Waals surface area contributed by atoms with Crippen molar-refractivity contribution < 1.29 is 18.1 Å². The Morgan fingerprint density at radius 2 is 1.67 bits per heavy atom. The third-order valence-electron chi connectivity index (χ3n) is 4.31. The number of hydrogen-bond donors (Lipinski definition) is 1. The molecule has 0 aliphatic carbocycles. The fraction of sp³-hybridized carbons (Fsp3) is 0.353. The molecule has 2 heterocycles. The molecule has 0 spiro atoms. The molecule has 8 nitrogen and oxygen atoms in total. The second kappa shape index (κ2) is 8.15. The van der Waals surface area contributed by atoms with E-state index in [-0.39, 0.29) is 14.8 Å². The largest absolute Gasteiger partial charge is 0.324 e. The predicted molar refractivity (Wildman–Crippen MR) is 103 cm³/mol. The van der Waals surface area contributed by atoms with Crippen LogP contribution in [-0.2, 0) is 10.0 Å². The zero-order valence-corrected chi connectivity index (χ0v) is 16.1. The van der Waals surface area contributed by atoms with Gasteiger partial charge < -0.3 is 5.32 Å². The van der Waals surface area contributed by atoms with Crippen LogP contribution < -0.4 is 5.32 Å². The van der Waals surface area contributed by atoms with Gasteiger partial charge in [0, 0.05) is 24.8 Å². The number of nitro groups is 1. The van der Waals surface area contributed by atoms with E-state index in [1.54, 1.807) is 0 Å². The van der Waals surface area contributed by atoms with Gasteiger partial charge in [0.25, 0.3) is 5.91 Å². The Morgan fingerprint density at radius 3 is 2.22 bits per heavy atom. The average Bonchev–Trinajstić information content (AvgIpc) is 2.98. The summed E-state index contributed by atoms with van der Waals surface area (Å²) in [7, 11) is -3.54. The smallest absolute Gasteiger partial charge is 0.321 e. The molecule has 1 amide bonds. The average molecular weight is 409 g/mol. The summed E-state index contributed by atoms with van der Waals surface area (Å²) in [6, 6.07) is 8.63. The molecule has 1 aromatic heterocycles. The molecular weight excluding hydrogens is 390 g/mol. The first kappa shape index (κ1) is 19.5. The molecule has 1 N–H and O–H groups in total. The van der Waals surface area contributed by atoms with Crippen molar-refractivity contribution in [2.45, 2.75) is 30.6 Å². The number of benzene rings is 1. The van der Waals surface area contributed by atoms with E-state index in [9.17, 15) is 23.3 Å². The van der Waals surface area contributed by atoms with Gasteiger partial charge >= 0.3 is 5.00 Å². The first-order valence-electron chi connectivity index (χ1n) is 8.54. The van der Waals surface area contributed by atoms with Crippen LogP contribution in [0.1, 0.15) is 35.4 Å². The summed E-state index contributed by atoms with van der Waals surface area (Å²) in [5.41, 5.74) is 0.422. The van der Waals surface area contributed by atoms with E-state index in [2.05, 4.69) is 5.32 Å². The van der Waals surface area contributed by atoms with Gasteiger partial charge in [0.05, 0.1) is 14.7 Å². The number of carbonyl (C=O) groups excluding carboxylic acids is 1. The molecule has 1 fully saturated rings. The van der Waals surface area contributed by atoms with Crippen molar-refractivity contribution in [3.8, 4) is 0 Å². The maximum atomic E-state index is 12.7. The summed E-state index contributed by atoms with van der Waals surface area (Å²) in [6.07, 6.45) is 3.80. The fourth-order valence-electron chi connectivity index (χ4n) is 2.88. The molecule has 0 radical (unpaired) electrons. The van der Waals surface area contributed by atoms with Crippen LogP contribution in [-0.4, -0.2) is 36.6 Å². The van der Waals surface area contributed by atoms with E-state index in [0.717, 1.165) is 37.0 Å². The normalized spacial score (nSPS) is 15.9. The number of thiophene rings is 1. The number of nitrogens with zero attached hydrogens (tertiary/aromatic N) is 2. The van der Waals surface area contributed by atoms with E-state index in [1.807, 2.05) is 0 Å². The highest BCUT2D eigenvalue weighted by Gasteiger charge is 2.25. The van der Waals surface area contributed by atoms with E-state index in [1.165, 1.54) is 40.7 Å². The lowest BCUT2D eigenvalue weighted by atomic mass is 10.2. The topological polar surface area (TPSA) is 110 Å². The fourth-order valence-corrected chi connectivity index (χ4v) is 5.11. The van der Waals surface area contributed by atoms with Crippen LogP contribution in [0.25, 0.3) is 0 Å². The molecule has 0 unspecified atom stereocenters. The van der Waals surface area contributed by atoms with E-state index < -0.39 is 20.9 Å². The minimum absolute atomic E-state index is 0.112. The standard InChI is InChI=1S/C17H19N3O5S2/c21-17(15-9-10-16(26-15)20(22)23)18-13-5-7-14(8-6-13)27(24,25)19-11-3-1-2-4-12-19/h5-10H,1-4,11-12H2,(H,18,21). The maximum absolute atomic E-state index is 12.7.